The Bertz CT molecular complexity index is 819. The standard InChI is InChI=1S/C19H23FN4O3/c1-13-22-17(27-23-13)16-11-24(12-19(16)5-7-26-8-6-19)18(25)21-10-14-3-2-4-15(20)9-14/h2-4,9,16H,5-8,10-12H2,1H3,(H,21,25)/t16-/m0/s1. The van der Waals surface area contributed by atoms with Crippen molar-refractivity contribution in [2.45, 2.75) is 32.2 Å². The van der Waals surface area contributed by atoms with Crippen LogP contribution >= 0.6 is 0 Å². The Hall–Kier alpha value is -2.48. The Balaban J connectivity index is 1.47. The summed E-state index contributed by atoms with van der Waals surface area (Å²) in [5.74, 6) is 0.884. The van der Waals surface area contributed by atoms with Crippen LogP contribution in [0.3, 0.4) is 0 Å². The second-order valence-corrected chi connectivity index (χ2v) is 7.38. The molecule has 1 N–H and O–H groups in total. The molecule has 0 saturated carbocycles. The van der Waals surface area contributed by atoms with Gasteiger partial charge in [0.15, 0.2) is 5.82 Å². The lowest BCUT2D eigenvalue weighted by atomic mass is 9.72. The number of nitrogens with zero attached hydrogens (tertiary/aromatic N) is 3. The SMILES string of the molecule is Cc1noc([C@@H]2CN(C(=O)NCc3cccc(F)c3)CC23CCOCC3)n1. The van der Waals surface area contributed by atoms with E-state index in [1.165, 1.54) is 12.1 Å². The van der Waals surface area contributed by atoms with E-state index in [4.69, 9.17) is 9.26 Å². The summed E-state index contributed by atoms with van der Waals surface area (Å²) in [6, 6.07) is 6.07. The van der Waals surface area contributed by atoms with Gasteiger partial charge in [-0.15, -0.1) is 0 Å². The van der Waals surface area contributed by atoms with E-state index < -0.39 is 0 Å². The summed E-state index contributed by atoms with van der Waals surface area (Å²) in [5, 5.41) is 6.81. The normalized spacial score (nSPS) is 21.6. The minimum Gasteiger partial charge on any atom is -0.381 e. The minimum absolute atomic E-state index is 0.00233. The van der Waals surface area contributed by atoms with E-state index in [1.54, 1.807) is 24.0 Å². The number of amides is 2. The molecule has 1 atom stereocenters. The zero-order valence-corrected chi connectivity index (χ0v) is 15.3. The van der Waals surface area contributed by atoms with Gasteiger partial charge in [-0.3, -0.25) is 0 Å². The van der Waals surface area contributed by atoms with Crippen LogP contribution in [-0.2, 0) is 11.3 Å². The molecule has 8 heteroatoms. The third kappa shape index (κ3) is 3.66. The Morgan fingerprint density at radius 2 is 2.22 bits per heavy atom. The number of urea groups is 1. The lowest BCUT2D eigenvalue weighted by Crippen LogP contribution is -2.41. The average Bonchev–Trinajstić information content (AvgIpc) is 3.24. The molecule has 1 aromatic heterocycles. The van der Waals surface area contributed by atoms with E-state index in [0.717, 1.165) is 18.4 Å². The van der Waals surface area contributed by atoms with Crippen LogP contribution in [0.2, 0.25) is 0 Å². The van der Waals surface area contributed by atoms with Crippen molar-refractivity contribution in [2.24, 2.45) is 5.41 Å². The van der Waals surface area contributed by atoms with Crippen molar-refractivity contribution in [1.29, 1.82) is 0 Å². The Kier molecular flexibility index (Phi) is 4.82. The topological polar surface area (TPSA) is 80.5 Å². The number of rotatable bonds is 3. The molecular formula is C19H23FN4O3. The number of likely N-dealkylation sites (tertiary alicyclic amines) is 1. The van der Waals surface area contributed by atoms with Crippen LogP contribution in [-0.4, -0.2) is 47.4 Å². The maximum absolute atomic E-state index is 13.3. The van der Waals surface area contributed by atoms with Crippen molar-refractivity contribution in [3.8, 4) is 0 Å². The first-order valence-electron chi connectivity index (χ1n) is 9.21. The molecule has 0 bridgehead atoms. The smallest absolute Gasteiger partial charge is 0.317 e. The van der Waals surface area contributed by atoms with E-state index in [1.807, 2.05) is 0 Å². The second-order valence-electron chi connectivity index (χ2n) is 7.38. The van der Waals surface area contributed by atoms with Gasteiger partial charge in [-0.1, -0.05) is 17.3 Å². The first-order valence-corrected chi connectivity index (χ1v) is 9.21. The molecular weight excluding hydrogens is 351 g/mol. The highest BCUT2D eigenvalue weighted by molar-refractivity contribution is 5.74. The number of benzene rings is 1. The zero-order chi connectivity index (χ0) is 18.9. The van der Waals surface area contributed by atoms with Crippen molar-refractivity contribution in [3.05, 3.63) is 47.4 Å². The van der Waals surface area contributed by atoms with Gasteiger partial charge in [0.2, 0.25) is 5.89 Å². The number of aryl methyl sites for hydroxylation is 1. The van der Waals surface area contributed by atoms with Crippen molar-refractivity contribution in [1.82, 2.24) is 20.4 Å². The van der Waals surface area contributed by atoms with E-state index >= 15 is 0 Å². The van der Waals surface area contributed by atoms with Gasteiger partial charge in [0, 0.05) is 38.3 Å². The van der Waals surface area contributed by atoms with Gasteiger partial charge in [-0.2, -0.15) is 4.98 Å². The fourth-order valence-corrected chi connectivity index (χ4v) is 4.14. The highest BCUT2D eigenvalue weighted by Crippen LogP contribution is 2.49. The minimum atomic E-state index is -0.309. The van der Waals surface area contributed by atoms with Gasteiger partial charge in [0.05, 0.1) is 5.92 Å². The van der Waals surface area contributed by atoms with Crippen LogP contribution in [0.25, 0.3) is 0 Å². The van der Waals surface area contributed by atoms with Crippen LogP contribution in [0.1, 0.15) is 36.0 Å². The molecule has 0 aliphatic carbocycles. The van der Waals surface area contributed by atoms with Gasteiger partial charge in [-0.25, -0.2) is 9.18 Å². The van der Waals surface area contributed by atoms with Gasteiger partial charge in [-0.05, 0) is 37.5 Å². The fourth-order valence-electron chi connectivity index (χ4n) is 4.14. The van der Waals surface area contributed by atoms with Crippen LogP contribution in [0.15, 0.2) is 28.8 Å². The number of aromatic nitrogens is 2. The van der Waals surface area contributed by atoms with Gasteiger partial charge >= 0.3 is 6.03 Å². The predicted octanol–water partition coefficient (Wildman–Crippen LogP) is 2.62. The van der Waals surface area contributed by atoms with Crippen LogP contribution < -0.4 is 5.32 Å². The van der Waals surface area contributed by atoms with E-state index in [9.17, 15) is 9.18 Å². The molecule has 2 fully saturated rings. The summed E-state index contributed by atoms with van der Waals surface area (Å²) in [5.41, 5.74) is 0.625. The van der Waals surface area contributed by atoms with E-state index in [0.29, 0.717) is 38.0 Å². The third-order valence-corrected chi connectivity index (χ3v) is 5.60. The summed E-state index contributed by atoms with van der Waals surface area (Å²) in [4.78, 5) is 19.0. The number of hydrogen-bond donors (Lipinski definition) is 1. The molecule has 4 rings (SSSR count). The summed E-state index contributed by atoms with van der Waals surface area (Å²) < 4.78 is 24.3. The highest BCUT2D eigenvalue weighted by Gasteiger charge is 2.51. The Morgan fingerprint density at radius 3 is 2.93 bits per heavy atom. The second kappa shape index (κ2) is 7.26. The molecule has 1 aromatic carbocycles. The van der Waals surface area contributed by atoms with Crippen LogP contribution in [0.5, 0.6) is 0 Å². The number of ether oxygens (including phenoxy) is 1. The number of hydrogen-bond acceptors (Lipinski definition) is 5. The first kappa shape index (κ1) is 17.9. The number of carbonyl (C=O) groups is 1. The van der Waals surface area contributed by atoms with Crippen molar-refractivity contribution < 1.29 is 18.4 Å². The van der Waals surface area contributed by atoms with Gasteiger partial charge in [0.25, 0.3) is 0 Å². The number of carbonyl (C=O) groups excluding carboxylic acids is 1. The largest absolute Gasteiger partial charge is 0.381 e. The summed E-state index contributed by atoms with van der Waals surface area (Å²) in [6.07, 6.45) is 1.71. The average molecular weight is 374 g/mol. The molecule has 7 nitrogen and oxygen atoms in total. The first-order chi connectivity index (χ1) is 13.1. The molecule has 144 valence electrons. The molecule has 2 aromatic rings. The molecule has 2 saturated heterocycles. The molecule has 0 radical (unpaired) electrons. The summed E-state index contributed by atoms with van der Waals surface area (Å²) in [6.45, 7) is 4.56. The Morgan fingerprint density at radius 1 is 1.41 bits per heavy atom. The highest BCUT2D eigenvalue weighted by atomic mass is 19.1. The molecule has 2 amide bonds. The van der Waals surface area contributed by atoms with E-state index in [-0.39, 0.29) is 29.7 Å². The molecule has 27 heavy (non-hydrogen) atoms. The lowest BCUT2D eigenvalue weighted by molar-refractivity contribution is 0.00942. The number of nitrogens with one attached hydrogen (secondary N) is 1. The van der Waals surface area contributed by atoms with Crippen LogP contribution in [0, 0.1) is 18.2 Å². The third-order valence-electron chi connectivity index (χ3n) is 5.60. The molecule has 2 aliphatic rings. The van der Waals surface area contributed by atoms with Crippen molar-refractivity contribution >= 4 is 6.03 Å². The summed E-state index contributed by atoms with van der Waals surface area (Å²) in [7, 11) is 0. The zero-order valence-electron chi connectivity index (χ0n) is 15.3. The van der Waals surface area contributed by atoms with Gasteiger partial charge < -0.3 is 19.5 Å². The quantitative estimate of drug-likeness (QED) is 0.893. The predicted molar refractivity (Wildman–Crippen MR) is 94.5 cm³/mol. The summed E-state index contributed by atoms with van der Waals surface area (Å²) >= 11 is 0. The van der Waals surface area contributed by atoms with Gasteiger partial charge in [0.1, 0.15) is 5.82 Å². The lowest BCUT2D eigenvalue weighted by Gasteiger charge is -2.36. The van der Waals surface area contributed by atoms with Crippen molar-refractivity contribution in [2.75, 3.05) is 26.3 Å². The molecule has 0 unspecified atom stereocenters. The fraction of sp³-hybridized carbons (Fsp3) is 0.526. The molecule has 1 spiro atoms. The van der Waals surface area contributed by atoms with E-state index in [2.05, 4.69) is 15.5 Å². The van der Waals surface area contributed by atoms with Crippen LogP contribution in [0.4, 0.5) is 9.18 Å². The van der Waals surface area contributed by atoms with Crippen molar-refractivity contribution in [3.63, 3.8) is 0 Å². The number of halogens is 1. The monoisotopic (exact) mass is 374 g/mol. The molecule has 2 aliphatic heterocycles. The molecule has 3 heterocycles. The Labute approximate surface area is 156 Å². The maximum atomic E-state index is 13.3. The maximum Gasteiger partial charge on any atom is 0.317 e.